The maximum Gasteiger partial charge on any atom is 0.432 e. The predicted octanol–water partition coefficient (Wildman–Crippen LogP) is 2.88. The van der Waals surface area contributed by atoms with E-state index in [0.717, 1.165) is 19.5 Å². The van der Waals surface area contributed by atoms with Crippen molar-refractivity contribution in [3.63, 3.8) is 0 Å². The van der Waals surface area contributed by atoms with Crippen molar-refractivity contribution in [2.45, 2.75) is 18.7 Å². The minimum Gasteiger partial charge on any atom is -0.490 e. The van der Waals surface area contributed by atoms with Crippen LogP contribution in [-0.4, -0.2) is 64.8 Å². The van der Waals surface area contributed by atoms with E-state index in [2.05, 4.69) is 32.0 Å². The zero-order valence-corrected chi connectivity index (χ0v) is 20.8. The van der Waals surface area contributed by atoms with Crippen molar-refractivity contribution in [3.8, 4) is 29.0 Å². The number of rotatable bonds is 7. The Morgan fingerprint density at radius 1 is 1.29 bits per heavy atom. The first kappa shape index (κ1) is 27.0. The van der Waals surface area contributed by atoms with E-state index in [0.29, 0.717) is 36.2 Å². The Kier molecular flexibility index (Phi) is 8.19. The third-order valence-corrected chi connectivity index (χ3v) is 6.03. The number of halogens is 3. The number of pyridine rings is 1. The Bertz CT molecular complexity index is 1420. The number of aromatic amines is 1. The largest absolute Gasteiger partial charge is 0.490 e. The molecule has 200 valence electrons. The first-order valence-corrected chi connectivity index (χ1v) is 11.8. The highest BCUT2D eigenvalue weighted by molar-refractivity contribution is 6.05. The third-order valence-electron chi connectivity index (χ3n) is 6.03. The Morgan fingerprint density at radius 2 is 2.11 bits per heavy atom. The summed E-state index contributed by atoms with van der Waals surface area (Å²) in [4.78, 5) is 32.6. The molecule has 3 aromatic rings. The second-order valence-corrected chi connectivity index (χ2v) is 8.72. The van der Waals surface area contributed by atoms with Gasteiger partial charge in [-0.05, 0) is 30.7 Å². The Hall–Kier alpha value is -4.08. The Labute approximate surface area is 216 Å². The summed E-state index contributed by atoms with van der Waals surface area (Å²) in [5.74, 6) is 4.66. The number of anilines is 1. The average molecular weight is 530 g/mol. The van der Waals surface area contributed by atoms with Crippen molar-refractivity contribution in [3.05, 3.63) is 64.3 Å². The molecule has 1 aliphatic heterocycles. The normalized spacial score (nSPS) is 15.7. The number of alkyl halides is 3. The number of amides is 1. The van der Waals surface area contributed by atoms with Crippen LogP contribution in [0.15, 0.2) is 47.5 Å². The Morgan fingerprint density at radius 3 is 2.79 bits per heavy atom. The van der Waals surface area contributed by atoms with Crippen LogP contribution in [0, 0.1) is 11.8 Å². The lowest BCUT2D eigenvalue weighted by Gasteiger charge is -2.17. The SMILES string of the molecule is COC1CCN(CCOc2ccc(-c3ncc(C(F)(F)F)[nH]3)cc2NC(=O)C#Cc2ccn(C)c(=O)c2)C1. The first-order chi connectivity index (χ1) is 18.1. The van der Waals surface area contributed by atoms with Gasteiger partial charge >= 0.3 is 12.1 Å². The zero-order valence-electron chi connectivity index (χ0n) is 20.8. The number of carbonyl (C=O) groups is 1. The van der Waals surface area contributed by atoms with Gasteiger partial charge in [0, 0.05) is 63.1 Å². The molecule has 2 N–H and O–H groups in total. The van der Waals surface area contributed by atoms with Crippen molar-refractivity contribution in [1.29, 1.82) is 0 Å². The van der Waals surface area contributed by atoms with Crippen LogP contribution in [0.5, 0.6) is 5.75 Å². The molecular weight excluding hydrogens is 503 g/mol. The second kappa shape index (κ2) is 11.5. The minimum atomic E-state index is -4.57. The van der Waals surface area contributed by atoms with Crippen LogP contribution in [0.2, 0.25) is 0 Å². The van der Waals surface area contributed by atoms with Crippen LogP contribution in [0.4, 0.5) is 18.9 Å². The molecule has 3 heterocycles. The molecule has 0 spiro atoms. The molecule has 1 amide bonds. The predicted molar refractivity (Wildman–Crippen MR) is 134 cm³/mol. The lowest BCUT2D eigenvalue weighted by molar-refractivity contribution is -0.140. The van der Waals surface area contributed by atoms with Crippen molar-refractivity contribution in [2.24, 2.45) is 7.05 Å². The van der Waals surface area contributed by atoms with Gasteiger partial charge in [0.05, 0.1) is 18.0 Å². The van der Waals surface area contributed by atoms with Gasteiger partial charge in [-0.1, -0.05) is 5.92 Å². The first-order valence-electron chi connectivity index (χ1n) is 11.8. The topological polar surface area (TPSA) is 101 Å². The molecule has 0 radical (unpaired) electrons. The zero-order chi connectivity index (χ0) is 27.3. The smallest absolute Gasteiger partial charge is 0.432 e. The lowest BCUT2D eigenvalue weighted by Crippen LogP contribution is -2.27. The minimum absolute atomic E-state index is 0.0201. The molecule has 12 heteroatoms. The van der Waals surface area contributed by atoms with E-state index in [1.807, 2.05) is 0 Å². The molecule has 0 aliphatic carbocycles. The second-order valence-electron chi connectivity index (χ2n) is 8.72. The van der Waals surface area contributed by atoms with Crippen LogP contribution in [0.25, 0.3) is 11.4 Å². The fourth-order valence-electron chi connectivity index (χ4n) is 3.90. The van der Waals surface area contributed by atoms with Gasteiger partial charge in [0.1, 0.15) is 23.9 Å². The van der Waals surface area contributed by atoms with Gasteiger partial charge in [0.2, 0.25) is 0 Å². The molecule has 9 nitrogen and oxygen atoms in total. The summed E-state index contributed by atoms with van der Waals surface area (Å²) in [7, 11) is 3.27. The van der Waals surface area contributed by atoms with Crippen molar-refractivity contribution >= 4 is 11.6 Å². The fraction of sp³-hybridized carbons (Fsp3) is 0.346. The molecule has 1 fully saturated rings. The van der Waals surface area contributed by atoms with Gasteiger partial charge in [-0.3, -0.25) is 14.5 Å². The van der Waals surface area contributed by atoms with Gasteiger partial charge in [0.15, 0.2) is 0 Å². The number of H-pyrrole nitrogens is 1. The number of hydrogen-bond acceptors (Lipinski definition) is 6. The molecule has 0 bridgehead atoms. The summed E-state index contributed by atoms with van der Waals surface area (Å²) in [6, 6.07) is 7.46. The lowest BCUT2D eigenvalue weighted by atomic mass is 10.1. The quantitative estimate of drug-likeness (QED) is 0.457. The van der Waals surface area contributed by atoms with Gasteiger partial charge in [-0.2, -0.15) is 13.2 Å². The standard InChI is InChI=1S/C26H26F3N5O4/c1-33-9-7-17(13-24(33)36)3-6-23(35)31-20-14-18(25-30-15-22(32-25)26(27,28)29)4-5-21(20)38-12-11-34-10-8-19(16-34)37-2/h4-5,7,9,13-15,19H,8,10-12,16H2,1-2H3,(H,30,32)(H,31,35). The number of imidazole rings is 1. The number of ether oxygens (including phenoxy) is 2. The Balaban J connectivity index is 1.53. The van der Waals surface area contributed by atoms with Crippen LogP contribution in [-0.2, 0) is 22.8 Å². The van der Waals surface area contributed by atoms with Gasteiger partial charge in [-0.25, -0.2) is 4.98 Å². The van der Waals surface area contributed by atoms with Gasteiger partial charge in [0.25, 0.3) is 5.56 Å². The van der Waals surface area contributed by atoms with E-state index in [1.54, 1.807) is 32.4 Å². The molecule has 1 unspecified atom stereocenters. The summed E-state index contributed by atoms with van der Waals surface area (Å²) >= 11 is 0. The van der Waals surface area contributed by atoms with E-state index < -0.39 is 17.8 Å². The van der Waals surface area contributed by atoms with E-state index in [1.165, 1.54) is 22.9 Å². The number of benzene rings is 1. The summed E-state index contributed by atoms with van der Waals surface area (Å²) < 4.78 is 51.7. The molecule has 1 aromatic carbocycles. The van der Waals surface area contributed by atoms with E-state index in [-0.39, 0.29) is 23.2 Å². The number of aryl methyl sites for hydroxylation is 1. The summed E-state index contributed by atoms with van der Waals surface area (Å²) in [5.41, 5.74) is -0.369. The number of likely N-dealkylation sites (tertiary alicyclic amines) is 1. The number of hydrogen-bond donors (Lipinski definition) is 2. The number of methoxy groups -OCH3 is 1. The van der Waals surface area contributed by atoms with Crippen LogP contribution in [0.1, 0.15) is 17.7 Å². The number of aromatic nitrogens is 3. The maximum atomic E-state index is 13.0. The van der Waals surface area contributed by atoms with E-state index in [4.69, 9.17) is 9.47 Å². The molecule has 2 aromatic heterocycles. The molecule has 0 saturated carbocycles. The van der Waals surface area contributed by atoms with Crippen molar-refractivity contribution in [1.82, 2.24) is 19.4 Å². The van der Waals surface area contributed by atoms with Crippen molar-refractivity contribution < 1.29 is 27.4 Å². The summed E-state index contributed by atoms with van der Waals surface area (Å²) in [6.07, 6.45) is -1.22. The summed E-state index contributed by atoms with van der Waals surface area (Å²) in [5, 5.41) is 2.63. The average Bonchev–Trinajstić information content (AvgIpc) is 3.56. The molecule has 1 atom stereocenters. The van der Waals surface area contributed by atoms with E-state index >= 15 is 0 Å². The number of nitrogens with one attached hydrogen (secondary N) is 2. The third kappa shape index (κ3) is 6.81. The van der Waals surface area contributed by atoms with Gasteiger partial charge in [-0.15, -0.1) is 0 Å². The van der Waals surface area contributed by atoms with Crippen LogP contribution < -0.4 is 15.6 Å². The highest BCUT2D eigenvalue weighted by Gasteiger charge is 2.33. The van der Waals surface area contributed by atoms with E-state index in [9.17, 15) is 22.8 Å². The van der Waals surface area contributed by atoms with Crippen LogP contribution >= 0.6 is 0 Å². The highest BCUT2D eigenvalue weighted by atomic mass is 19.4. The molecule has 38 heavy (non-hydrogen) atoms. The maximum absolute atomic E-state index is 13.0. The monoisotopic (exact) mass is 529 g/mol. The summed E-state index contributed by atoms with van der Waals surface area (Å²) in [6.45, 7) is 2.62. The molecule has 1 saturated heterocycles. The number of carbonyl (C=O) groups excluding carboxylic acids is 1. The van der Waals surface area contributed by atoms with Crippen LogP contribution in [0.3, 0.4) is 0 Å². The molecular formula is C26H26F3N5O4. The number of nitrogens with zero attached hydrogens (tertiary/aromatic N) is 3. The highest BCUT2D eigenvalue weighted by Crippen LogP contribution is 2.33. The molecule has 4 rings (SSSR count). The van der Waals surface area contributed by atoms with Crippen molar-refractivity contribution in [2.75, 3.05) is 38.7 Å². The fourth-order valence-corrected chi connectivity index (χ4v) is 3.90. The molecule has 1 aliphatic rings. The van der Waals surface area contributed by atoms with Gasteiger partial charge < -0.3 is 24.3 Å².